The lowest BCUT2D eigenvalue weighted by atomic mass is 9.80. The quantitative estimate of drug-likeness (QED) is 0.263. The van der Waals surface area contributed by atoms with Gasteiger partial charge in [0.1, 0.15) is 0 Å². The largest absolute Gasteiger partial charge is 0.462 e. The van der Waals surface area contributed by atoms with E-state index in [0.717, 1.165) is 17.5 Å². The molecule has 31 heavy (non-hydrogen) atoms. The topological polar surface area (TPSA) is 26.3 Å². The predicted molar refractivity (Wildman–Crippen MR) is 131 cm³/mol. The lowest BCUT2D eigenvalue weighted by Crippen LogP contribution is -2.23. The maximum Gasteiger partial charge on any atom is 0.338 e. The van der Waals surface area contributed by atoms with Gasteiger partial charge in [-0.3, -0.25) is 0 Å². The van der Waals surface area contributed by atoms with Crippen LogP contribution >= 0.6 is 11.8 Å². The Balaban J connectivity index is 1.89. The number of hydrogen-bond acceptors (Lipinski definition) is 3. The number of carbonyl (C=O) groups is 1. The van der Waals surface area contributed by atoms with Crippen molar-refractivity contribution in [3.63, 3.8) is 0 Å². The van der Waals surface area contributed by atoms with Crippen LogP contribution in [-0.2, 0) is 16.6 Å². The fourth-order valence-corrected chi connectivity index (χ4v) is 5.48. The Hall–Kier alpha value is -2.18. The van der Waals surface area contributed by atoms with E-state index in [1.165, 1.54) is 53.9 Å². The zero-order valence-corrected chi connectivity index (χ0v) is 20.2. The molecule has 0 saturated carbocycles. The zero-order valence-electron chi connectivity index (χ0n) is 19.3. The Kier molecular flexibility index (Phi) is 8.27. The number of thioether (sulfide) groups is 1. The molecule has 3 rings (SSSR count). The van der Waals surface area contributed by atoms with Gasteiger partial charge in [0.25, 0.3) is 0 Å². The number of hydrogen-bond donors (Lipinski definition) is 0. The van der Waals surface area contributed by atoms with Crippen LogP contribution in [0.5, 0.6) is 0 Å². The fourth-order valence-electron chi connectivity index (χ4n) is 3.93. The molecule has 1 aliphatic rings. The molecule has 2 nitrogen and oxygen atoms in total. The van der Waals surface area contributed by atoms with Gasteiger partial charge < -0.3 is 4.74 Å². The summed E-state index contributed by atoms with van der Waals surface area (Å²) in [5, 5.41) is 0. The molecule has 0 fully saturated rings. The Bertz CT molecular complexity index is 961. The van der Waals surface area contributed by atoms with Gasteiger partial charge in [0.15, 0.2) is 0 Å². The van der Waals surface area contributed by atoms with E-state index in [1.54, 1.807) is 12.1 Å². The number of esters is 1. The first-order valence-electron chi connectivity index (χ1n) is 11.5. The summed E-state index contributed by atoms with van der Waals surface area (Å²) in [6, 6.07) is 12.1. The van der Waals surface area contributed by atoms with Gasteiger partial charge in [0, 0.05) is 16.0 Å². The molecule has 1 aliphatic heterocycles. The van der Waals surface area contributed by atoms with Crippen molar-refractivity contribution in [3.8, 4) is 11.8 Å². The maximum atomic E-state index is 11.9. The van der Waals surface area contributed by atoms with Gasteiger partial charge in [-0.2, -0.15) is 0 Å². The molecule has 2 aromatic carbocycles. The molecule has 0 bridgehead atoms. The van der Waals surface area contributed by atoms with Crippen LogP contribution < -0.4 is 0 Å². The minimum absolute atomic E-state index is 0.193. The number of ether oxygens (including phenoxy) is 1. The van der Waals surface area contributed by atoms with Crippen molar-refractivity contribution in [1.29, 1.82) is 0 Å². The average molecular weight is 435 g/mol. The molecule has 0 saturated heterocycles. The van der Waals surface area contributed by atoms with Crippen LogP contribution in [-0.4, -0.2) is 18.3 Å². The summed E-state index contributed by atoms with van der Waals surface area (Å²) in [6.45, 7) is 9.14. The molecule has 0 radical (unpaired) electrons. The SMILES string of the molecule is CCCCCCc1cc2c(cc1C#Cc1ccc(C(=O)OCC)cc1)C(C)(C)CCS2. The van der Waals surface area contributed by atoms with Crippen LogP contribution in [0.25, 0.3) is 0 Å². The molecule has 164 valence electrons. The third kappa shape index (κ3) is 6.17. The average Bonchev–Trinajstić information content (AvgIpc) is 2.76. The molecule has 2 aromatic rings. The molecule has 3 heteroatoms. The molecule has 0 spiro atoms. The molecule has 0 aliphatic carbocycles. The molecular formula is C28H34O2S. The highest BCUT2D eigenvalue weighted by molar-refractivity contribution is 7.99. The summed E-state index contributed by atoms with van der Waals surface area (Å²) in [7, 11) is 0. The fraction of sp³-hybridized carbons (Fsp3) is 0.464. The summed E-state index contributed by atoms with van der Waals surface area (Å²) in [6.07, 6.45) is 7.31. The van der Waals surface area contributed by atoms with Gasteiger partial charge in [-0.15, -0.1) is 11.8 Å². The molecule has 0 amide bonds. The lowest BCUT2D eigenvalue weighted by molar-refractivity contribution is 0.0526. The van der Waals surface area contributed by atoms with E-state index in [1.807, 2.05) is 30.8 Å². The van der Waals surface area contributed by atoms with Crippen LogP contribution in [0, 0.1) is 11.8 Å². The second kappa shape index (κ2) is 10.9. The first-order valence-corrected chi connectivity index (χ1v) is 12.5. The van der Waals surface area contributed by atoms with Crippen molar-refractivity contribution in [1.82, 2.24) is 0 Å². The second-order valence-corrected chi connectivity index (χ2v) is 9.98. The van der Waals surface area contributed by atoms with Crippen molar-refractivity contribution >= 4 is 17.7 Å². The summed E-state index contributed by atoms with van der Waals surface area (Å²) in [5.41, 5.74) is 5.63. The van der Waals surface area contributed by atoms with Gasteiger partial charge in [0.05, 0.1) is 12.2 Å². The number of carbonyl (C=O) groups excluding carboxylic acids is 1. The Labute approximate surface area is 192 Å². The summed E-state index contributed by atoms with van der Waals surface area (Å²) in [5.74, 6) is 7.68. The van der Waals surface area contributed by atoms with E-state index < -0.39 is 0 Å². The van der Waals surface area contributed by atoms with Crippen molar-refractivity contribution in [3.05, 3.63) is 64.2 Å². The Morgan fingerprint density at radius 1 is 1.06 bits per heavy atom. The number of unbranched alkanes of at least 4 members (excludes halogenated alkanes) is 3. The maximum absolute atomic E-state index is 11.9. The Morgan fingerprint density at radius 2 is 1.84 bits per heavy atom. The molecule has 1 heterocycles. The second-order valence-electron chi connectivity index (χ2n) is 8.85. The minimum atomic E-state index is -0.286. The first kappa shape index (κ1) is 23.5. The summed E-state index contributed by atoms with van der Waals surface area (Å²) >= 11 is 1.99. The number of rotatable bonds is 7. The highest BCUT2D eigenvalue weighted by Crippen LogP contribution is 2.42. The van der Waals surface area contributed by atoms with Gasteiger partial charge >= 0.3 is 5.97 Å². The van der Waals surface area contributed by atoms with E-state index in [0.29, 0.717) is 12.2 Å². The Morgan fingerprint density at radius 3 is 2.55 bits per heavy atom. The highest BCUT2D eigenvalue weighted by atomic mass is 32.2. The van der Waals surface area contributed by atoms with Gasteiger partial charge in [-0.1, -0.05) is 51.9 Å². The normalized spacial score (nSPS) is 14.3. The van der Waals surface area contributed by atoms with Crippen LogP contribution in [0.1, 0.15) is 92.4 Å². The van der Waals surface area contributed by atoms with Crippen LogP contribution in [0.4, 0.5) is 0 Å². The van der Waals surface area contributed by atoms with Crippen LogP contribution in [0.2, 0.25) is 0 Å². The van der Waals surface area contributed by atoms with Gasteiger partial charge in [-0.05, 0) is 84.9 Å². The molecule has 0 atom stereocenters. The molecular weight excluding hydrogens is 400 g/mol. The van der Waals surface area contributed by atoms with Crippen molar-refractivity contribution in [2.24, 2.45) is 0 Å². The van der Waals surface area contributed by atoms with E-state index in [4.69, 9.17) is 4.74 Å². The molecule has 0 aromatic heterocycles. The zero-order chi connectivity index (χ0) is 22.3. The van der Waals surface area contributed by atoms with Gasteiger partial charge in [0.2, 0.25) is 0 Å². The van der Waals surface area contributed by atoms with Crippen molar-refractivity contribution in [2.45, 2.75) is 76.5 Å². The minimum Gasteiger partial charge on any atom is -0.462 e. The van der Waals surface area contributed by atoms with E-state index in [9.17, 15) is 4.79 Å². The number of aryl methyl sites for hydroxylation is 1. The van der Waals surface area contributed by atoms with Crippen molar-refractivity contribution < 1.29 is 9.53 Å². The monoisotopic (exact) mass is 434 g/mol. The van der Waals surface area contributed by atoms with E-state index in [-0.39, 0.29) is 11.4 Å². The number of benzene rings is 2. The standard InChI is InChI=1S/C28H34O2S/c1-5-7-8-9-10-23-20-26-25(28(3,4)17-18-31-26)19-24(23)16-13-21-11-14-22(15-12-21)27(29)30-6-2/h11-12,14-15,19-20H,5-10,17-18H2,1-4H3. The third-order valence-corrected chi connectivity index (χ3v) is 7.01. The van der Waals surface area contributed by atoms with Crippen molar-refractivity contribution in [2.75, 3.05) is 12.4 Å². The summed E-state index contributed by atoms with van der Waals surface area (Å²) in [4.78, 5) is 13.3. The smallest absolute Gasteiger partial charge is 0.338 e. The highest BCUT2D eigenvalue weighted by Gasteiger charge is 2.28. The number of fused-ring (bicyclic) bond motifs is 1. The van der Waals surface area contributed by atoms with Gasteiger partial charge in [-0.25, -0.2) is 4.79 Å². The first-order chi connectivity index (χ1) is 14.9. The third-order valence-electron chi connectivity index (χ3n) is 5.96. The lowest BCUT2D eigenvalue weighted by Gasteiger charge is -2.32. The van der Waals surface area contributed by atoms with E-state index >= 15 is 0 Å². The molecule has 0 unspecified atom stereocenters. The summed E-state index contributed by atoms with van der Waals surface area (Å²) < 4.78 is 5.06. The molecule has 0 N–H and O–H groups in total. The predicted octanol–water partition coefficient (Wildman–Crippen LogP) is 7.16. The van der Waals surface area contributed by atoms with Crippen LogP contribution in [0.3, 0.4) is 0 Å². The van der Waals surface area contributed by atoms with E-state index in [2.05, 4.69) is 44.7 Å². The van der Waals surface area contributed by atoms with Crippen LogP contribution in [0.15, 0.2) is 41.3 Å².